The number of para-hydroxylation sites is 1. The zero-order chi connectivity index (χ0) is 23.7. The topological polar surface area (TPSA) is 92.7 Å². The first-order valence-corrected chi connectivity index (χ1v) is 11.3. The Bertz CT molecular complexity index is 1370. The minimum absolute atomic E-state index is 0.00312. The second-order valence-corrected chi connectivity index (χ2v) is 8.89. The van der Waals surface area contributed by atoms with Gasteiger partial charge in [-0.1, -0.05) is 67.4 Å². The molecule has 33 heavy (non-hydrogen) atoms. The van der Waals surface area contributed by atoms with Crippen molar-refractivity contribution in [1.82, 2.24) is 25.1 Å². The minimum Gasteiger partial charge on any atom is -0.359 e. The summed E-state index contributed by atoms with van der Waals surface area (Å²) >= 11 is 12.9. The van der Waals surface area contributed by atoms with Crippen LogP contribution in [0.5, 0.6) is 0 Å². The van der Waals surface area contributed by atoms with E-state index in [1.165, 1.54) is 0 Å². The predicted octanol–water partition coefficient (Wildman–Crippen LogP) is 4.42. The number of carbonyl (C=O) groups is 1. The Morgan fingerprint density at radius 1 is 1.09 bits per heavy atom. The number of likely N-dealkylation sites (N-methyl/N-ethyl adjacent to an activating group) is 1. The smallest absolute Gasteiger partial charge is 0.262 e. The van der Waals surface area contributed by atoms with Gasteiger partial charge < -0.3 is 10.3 Å². The summed E-state index contributed by atoms with van der Waals surface area (Å²) in [6.45, 7) is 3.93. The summed E-state index contributed by atoms with van der Waals surface area (Å²) in [7, 11) is 1.61. The molecule has 0 aliphatic carbocycles. The van der Waals surface area contributed by atoms with Crippen molar-refractivity contribution >= 4 is 40.1 Å². The van der Waals surface area contributed by atoms with E-state index in [2.05, 4.69) is 15.4 Å². The van der Waals surface area contributed by atoms with Crippen molar-refractivity contribution in [3.63, 3.8) is 0 Å². The number of aromatic nitrogens is 4. The van der Waals surface area contributed by atoms with Crippen LogP contribution >= 0.6 is 23.2 Å². The van der Waals surface area contributed by atoms with Gasteiger partial charge in [0.2, 0.25) is 5.91 Å². The fourth-order valence-electron chi connectivity index (χ4n) is 3.67. The Hall–Kier alpha value is -3.16. The summed E-state index contributed by atoms with van der Waals surface area (Å²) < 4.78 is 1.56. The molecular formula is C24H23Cl2N5O2. The molecule has 0 saturated heterocycles. The molecule has 0 bridgehead atoms. The first-order valence-electron chi connectivity index (χ1n) is 10.5. The zero-order valence-corrected chi connectivity index (χ0v) is 20.0. The van der Waals surface area contributed by atoms with Crippen LogP contribution in [0.1, 0.15) is 42.4 Å². The van der Waals surface area contributed by atoms with E-state index in [0.29, 0.717) is 51.1 Å². The molecule has 2 heterocycles. The Labute approximate surface area is 200 Å². The van der Waals surface area contributed by atoms with Gasteiger partial charge in [0.05, 0.1) is 22.2 Å². The number of nitrogens with zero attached hydrogens (tertiary/aromatic N) is 3. The van der Waals surface area contributed by atoms with E-state index in [9.17, 15) is 9.59 Å². The number of aromatic amines is 1. The van der Waals surface area contributed by atoms with E-state index < -0.39 is 0 Å². The van der Waals surface area contributed by atoms with Crippen LogP contribution in [0.2, 0.25) is 10.0 Å². The molecule has 0 fully saturated rings. The van der Waals surface area contributed by atoms with E-state index in [-0.39, 0.29) is 17.4 Å². The third-order valence-corrected chi connectivity index (χ3v) is 5.96. The molecule has 0 aliphatic heterocycles. The van der Waals surface area contributed by atoms with Crippen LogP contribution in [0, 0.1) is 0 Å². The van der Waals surface area contributed by atoms with Crippen LogP contribution in [0.25, 0.3) is 16.7 Å². The maximum Gasteiger partial charge on any atom is 0.262 e. The number of hydrogen-bond acceptors (Lipinski definition) is 4. The number of fused-ring (bicyclic) bond motifs is 1. The number of rotatable bonds is 6. The first-order chi connectivity index (χ1) is 15.8. The van der Waals surface area contributed by atoms with E-state index in [0.717, 1.165) is 11.1 Å². The fourth-order valence-corrected chi connectivity index (χ4v) is 4.23. The lowest BCUT2D eigenvalue weighted by Gasteiger charge is -2.08. The predicted molar refractivity (Wildman–Crippen MR) is 131 cm³/mol. The summed E-state index contributed by atoms with van der Waals surface area (Å²) in [6, 6.07) is 12.8. The molecule has 170 valence electrons. The second-order valence-electron chi connectivity index (χ2n) is 8.08. The SMILES string of the molecule is CNC(=O)Cc1ccc(Cc2nc3c(c(C(C)C)nn3-c3c(Cl)cccc3Cl)c(=O)[nH]2)cc1. The van der Waals surface area contributed by atoms with Gasteiger partial charge in [-0.15, -0.1) is 0 Å². The maximum atomic E-state index is 13.1. The standard InChI is InChI=1S/C24H23Cl2N5O2/c1-13(2)21-20-23(31(30-21)22-16(25)5-4-6-17(22)26)28-18(29-24(20)33)11-14-7-9-15(10-8-14)12-19(32)27-3/h4-10,13H,11-12H2,1-3H3,(H,27,32)(H,28,29,33). The number of nitrogens with one attached hydrogen (secondary N) is 2. The van der Waals surface area contributed by atoms with Crippen molar-refractivity contribution in [3.05, 3.63) is 85.5 Å². The van der Waals surface area contributed by atoms with Crippen LogP contribution in [0.4, 0.5) is 0 Å². The molecule has 0 aliphatic rings. The first kappa shape index (κ1) is 23.0. The molecule has 0 unspecified atom stereocenters. The molecule has 2 N–H and O–H groups in total. The zero-order valence-electron chi connectivity index (χ0n) is 18.4. The number of hydrogen-bond donors (Lipinski definition) is 2. The van der Waals surface area contributed by atoms with Crippen molar-refractivity contribution in [2.45, 2.75) is 32.6 Å². The molecule has 0 atom stereocenters. The van der Waals surface area contributed by atoms with Crippen LogP contribution in [-0.4, -0.2) is 32.7 Å². The molecule has 2 aromatic heterocycles. The van der Waals surface area contributed by atoms with Crippen molar-refractivity contribution in [1.29, 1.82) is 0 Å². The van der Waals surface area contributed by atoms with E-state index in [4.69, 9.17) is 28.2 Å². The molecule has 2 aromatic carbocycles. The van der Waals surface area contributed by atoms with Crippen molar-refractivity contribution < 1.29 is 4.79 Å². The third-order valence-electron chi connectivity index (χ3n) is 5.35. The molecule has 0 saturated carbocycles. The van der Waals surface area contributed by atoms with Gasteiger partial charge in [0.1, 0.15) is 16.9 Å². The van der Waals surface area contributed by atoms with Crippen molar-refractivity contribution in [3.8, 4) is 5.69 Å². The molecule has 9 heteroatoms. The van der Waals surface area contributed by atoms with Gasteiger partial charge in [0, 0.05) is 13.5 Å². The van der Waals surface area contributed by atoms with Crippen LogP contribution in [0.15, 0.2) is 47.3 Å². The maximum absolute atomic E-state index is 13.1. The highest BCUT2D eigenvalue weighted by molar-refractivity contribution is 6.37. The lowest BCUT2D eigenvalue weighted by Crippen LogP contribution is -2.19. The highest BCUT2D eigenvalue weighted by Crippen LogP contribution is 2.32. The van der Waals surface area contributed by atoms with Gasteiger partial charge in [0.15, 0.2) is 5.65 Å². The molecular weight excluding hydrogens is 461 g/mol. The van der Waals surface area contributed by atoms with Gasteiger partial charge in [0.25, 0.3) is 5.56 Å². The van der Waals surface area contributed by atoms with Crippen LogP contribution < -0.4 is 10.9 Å². The van der Waals surface area contributed by atoms with Gasteiger partial charge in [-0.05, 0) is 29.2 Å². The van der Waals surface area contributed by atoms with E-state index >= 15 is 0 Å². The summed E-state index contributed by atoms with van der Waals surface area (Å²) in [4.78, 5) is 32.3. The Morgan fingerprint density at radius 3 is 2.33 bits per heavy atom. The van der Waals surface area contributed by atoms with Gasteiger partial charge in [-0.25, -0.2) is 9.67 Å². The Kier molecular flexibility index (Phi) is 6.54. The summed E-state index contributed by atoms with van der Waals surface area (Å²) in [6.07, 6.45) is 0.720. The summed E-state index contributed by atoms with van der Waals surface area (Å²) in [5.74, 6) is 0.439. The summed E-state index contributed by atoms with van der Waals surface area (Å²) in [5, 5.41) is 8.53. The lowest BCUT2D eigenvalue weighted by atomic mass is 10.1. The Balaban J connectivity index is 1.79. The average Bonchev–Trinajstić information content (AvgIpc) is 3.15. The molecule has 0 spiro atoms. The van der Waals surface area contributed by atoms with E-state index in [1.54, 1.807) is 29.9 Å². The highest BCUT2D eigenvalue weighted by atomic mass is 35.5. The lowest BCUT2D eigenvalue weighted by molar-refractivity contribution is -0.119. The normalized spacial score (nSPS) is 11.3. The number of amides is 1. The fraction of sp³-hybridized carbons (Fsp3) is 0.250. The molecule has 7 nitrogen and oxygen atoms in total. The summed E-state index contributed by atoms with van der Waals surface area (Å²) in [5.41, 5.74) is 3.11. The van der Waals surface area contributed by atoms with Crippen LogP contribution in [0.3, 0.4) is 0 Å². The van der Waals surface area contributed by atoms with Crippen molar-refractivity contribution in [2.75, 3.05) is 7.05 Å². The second kappa shape index (κ2) is 9.37. The monoisotopic (exact) mass is 483 g/mol. The van der Waals surface area contributed by atoms with Gasteiger partial charge in [-0.2, -0.15) is 5.10 Å². The highest BCUT2D eigenvalue weighted by Gasteiger charge is 2.22. The third kappa shape index (κ3) is 4.65. The largest absolute Gasteiger partial charge is 0.359 e. The number of H-pyrrole nitrogens is 1. The number of carbonyl (C=O) groups excluding carboxylic acids is 1. The minimum atomic E-state index is -0.260. The van der Waals surface area contributed by atoms with Gasteiger partial charge in [-0.3, -0.25) is 9.59 Å². The van der Waals surface area contributed by atoms with E-state index in [1.807, 2.05) is 38.1 Å². The number of halogens is 2. The quantitative estimate of drug-likeness (QED) is 0.424. The number of benzene rings is 2. The molecule has 0 radical (unpaired) electrons. The van der Waals surface area contributed by atoms with Crippen molar-refractivity contribution in [2.24, 2.45) is 0 Å². The molecule has 1 amide bonds. The molecule has 4 aromatic rings. The van der Waals surface area contributed by atoms with Crippen LogP contribution in [-0.2, 0) is 17.6 Å². The molecule has 4 rings (SSSR count). The van der Waals surface area contributed by atoms with Gasteiger partial charge >= 0.3 is 0 Å². The Morgan fingerprint density at radius 2 is 1.73 bits per heavy atom. The average molecular weight is 484 g/mol.